The van der Waals surface area contributed by atoms with E-state index < -0.39 is 0 Å². The van der Waals surface area contributed by atoms with Crippen LogP contribution in [0.3, 0.4) is 0 Å². The Morgan fingerprint density at radius 3 is 2.90 bits per heavy atom. The molecule has 0 atom stereocenters. The minimum absolute atomic E-state index is 0.144. The lowest BCUT2D eigenvalue weighted by molar-refractivity contribution is -0.115. The smallest absolute Gasteiger partial charge is 0.231 e. The average Bonchev–Trinajstić information content (AvgIpc) is 2.49. The van der Waals surface area contributed by atoms with Crippen LogP contribution in [0.4, 0.5) is 5.82 Å². The molecule has 0 fully saturated rings. The molecule has 0 unspecified atom stereocenters. The zero-order valence-electron chi connectivity index (χ0n) is 11.6. The Balaban J connectivity index is 1.78. The van der Waals surface area contributed by atoms with Crippen molar-refractivity contribution in [2.45, 2.75) is 13.3 Å². The number of anilines is 1. The molecule has 2 heterocycles. The molecule has 0 radical (unpaired) electrons. The molecule has 104 valence electrons. The second-order valence-corrected chi connectivity index (χ2v) is 4.77. The Labute approximate surface area is 122 Å². The Morgan fingerprint density at radius 1 is 1.19 bits per heavy atom. The first-order valence-electron chi connectivity index (χ1n) is 6.63. The van der Waals surface area contributed by atoms with Crippen LogP contribution in [0.5, 0.6) is 0 Å². The first-order valence-corrected chi connectivity index (χ1v) is 6.63. The zero-order chi connectivity index (χ0) is 14.7. The van der Waals surface area contributed by atoms with Crippen molar-refractivity contribution in [2.24, 2.45) is 0 Å². The summed E-state index contributed by atoms with van der Waals surface area (Å²) in [6, 6.07) is 11.5. The van der Waals surface area contributed by atoms with Gasteiger partial charge >= 0.3 is 0 Å². The van der Waals surface area contributed by atoms with Gasteiger partial charge < -0.3 is 5.32 Å². The quantitative estimate of drug-likeness (QED) is 0.799. The first kappa shape index (κ1) is 13.2. The van der Waals surface area contributed by atoms with Gasteiger partial charge in [-0.2, -0.15) is 0 Å². The van der Waals surface area contributed by atoms with Gasteiger partial charge in [-0.05, 0) is 24.6 Å². The van der Waals surface area contributed by atoms with E-state index in [0.717, 1.165) is 22.2 Å². The number of fused-ring (bicyclic) bond motifs is 1. The van der Waals surface area contributed by atoms with Crippen LogP contribution in [0, 0.1) is 6.92 Å². The Hall–Kier alpha value is -2.82. The van der Waals surface area contributed by atoms with E-state index >= 15 is 0 Å². The molecular weight excluding hydrogens is 264 g/mol. The van der Waals surface area contributed by atoms with E-state index in [1.807, 2.05) is 37.3 Å². The van der Waals surface area contributed by atoms with Crippen LogP contribution in [0.15, 0.2) is 48.9 Å². The fraction of sp³-hybridized carbons (Fsp3) is 0.125. The van der Waals surface area contributed by atoms with Gasteiger partial charge in [-0.25, -0.2) is 9.97 Å². The molecule has 0 bridgehead atoms. The normalized spacial score (nSPS) is 10.5. The number of carbonyl (C=O) groups is 1. The lowest BCUT2D eigenvalue weighted by atomic mass is 10.1. The number of carbonyl (C=O) groups excluding carboxylic acids is 1. The molecule has 5 heteroatoms. The van der Waals surface area contributed by atoms with E-state index in [4.69, 9.17) is 0 Å². The fourth-order valence-corrected chi connectivity index (χ4v) is 2.15. The van der Waals surface area contributed by atoms with Crippen molar-refractivity contribution in [3.63, 3.8) is 0 Å². The Morgan fingerprint density at radius 2 is 2.10 bits per heavy atom. The third kappa shape index (κ3) is 3.02. The van der Waals surface area contributed by atoms with E-state index in [-0.39, 0.29) is 12.3 Å². The summed E-state index contributed by atoms with van der Waals surface area (Å²) < 4.78 is 0. The number of para-hydroxylation sites is 1. The van der Waals surface area contributed by atoms with Gasteiger partial charge in [-0.15, -0.1) is 0 Å². The van der Waals surface area contributed by atoms with Gasteiger partial charge in [0.15, 0.2) is 0 Å². The van der Waals surface area contributed by atoms with Crippen molar-refractivity contribution >= 4 is 22.6 Å². The standard InChI is InChI=1S/C16H14N4O/c1-11-3-2-4-12-5-6-13(19-16(11)12)9-15(21)20-14-7-8-17-10-18-14/h2-8,10H,9H2,1H3,(H,17,18,20,21). The van der Waals surface area contributed by atoms with Crippen LogP contribution >= 0.6 is 0 Å². The molecule has 21 heavy (non-hydrogen) atoms. The number of nitrogens with one attached hydrogen (secondary N) is 1. The molecule has 2 aromatic heterocycles. The van der Waals surface area contributed by atoms with Gasteiger partial charge in [0.2, 0.25) is 5.91 Å². The first-order chi connectivity index (χ1) is 10.2. The monoisotopic (exact) mass is 278 g/mol. The molecular formula is C16H14N4O. The third-order valence-corrected chi connectivity index (χ3v) is 3.17. The molecule has 0 saturated heterocycles. The maximum atomic E-state index is 12.0. The molecule has 0 aliphatic carbocycles. The van der Waals surface area contributed by atoms with Crippen molar-refractivity contribution in [1.82, 2.24) is 15.0 Å². The molecule has 0 aliphatic heterocycles. The van der Waals surface area contributed by atoms with Crippen LogP contribution in [0.1, 0.15) is 11.3 Å². The van der Waals surface area contributed by atoms with Gasteiger partial charge in [-0.1, -0.05) is 24.3 Å². The highest BCUT2D eigenvalue weighted by atomic mass is 16.1. The summed E-state index contributed by atoms with van der Waals surface area (Å²) in [5.41, 5.74) is 2.78. The van der Waals surface area contributed by atoms with Crippen molar-refractivity contribution in [3.8, 4) is 0 Å². The number of rotatable bonds is 3. The van der Waals surface area contributed by atoms with Crippen molar-refractivity contribution in [1.29, 1.82) is 0 Å². The summed E-state index contributed by atoms with van der Waals surface area (Å²) in [5, 5.41) is 3.80. The number of hydrogen-bond acceptors (Lipinski definition) is 4. The van der Waals surface area contributed by atoms with E-state index in [9.17, 15) is 4.79 Å². The van der Waals surface area contributed by atoms with E-state index in [2.05, 4.69) is 20.3 Å². The summed E-state index contributed by atoms with van der Waals surface area (Å²) in [6.07, 6.45) is 3.20. The SMILES string of the molecule is Cc1cccc2ccc(CC(=O)Nc3ccncn3)nc12. The molecule has 1 aromatic carbocycles. The van der Waals surface area contributed by atoms with E-state index in [1.54, 1.807) is 12.3 Å². The number of nitrogens with zero attached hydrogens (tertiary/aromatic N) is 3. The minimum Gasteiger partial charge on any atom is -0.310 e. The number of hydrogen-bond donors (Lipinski definition) is 1. The van der Waals surface area contributed by atoms with E-state index in [0.29, 0.717) is 5.82 Å². The van der Waals surface area contributed by atoms with Crippen LogP contribution in [0.25, 0.3) is 10.9 Å². The van der Waals surface area contributed by atoms with Crippen molar-refractivity contribution < 1.29 is 4.79 Å². The molecule has 0 aliphatic rings. The number of aromatic nitrogens is 3. The molecule has 3 rings (SSSR count). The molecule has 3 aromatic rings. The van der Waals surface area contributed by atoms with Crippen LogP contribution in [-0.4, -0.2) is 20.9 Å². The van der Waals surface area contributed by atoms with Gasteiger partial charge in [0, 0.05) is 11.6 Å². The maximum Gasteiger partial charge on any atom is 0.231 e. The average molecular weight is 278 g/mol. The Bertz CT molecular complexity index is 787. The summed E-state index contributed by atoms with van der Waals surface area (Å²) in [7, 11) is 0. The molecule has 0 saturated carbocycles. The number of aryl methyl sites for hydroxylation is 1. The lowest BCUT2D eigenvalue weighted by Crippen LogP contribution is -2.16. The largest absolute Gasteiger partial charge is 0.310 e. The number of amides is 1. The summed E-state index contributed by atoms with van der Waals surface area (Å²) in [5.74, 6) is 0.348. The summed E-state index contributed by atoms with van der Waals surface area (Å²) in [4.78, 5) is 24.3. The topological polar surface area (TPSA) is 67.8 Å². The van der Waals surface area contributed by atoms with Crippen molar-refractivity contribution in [3.05, 3.63) is 60.2 Å². The van der Waals surface area contributed by atoms with Gasteiger partial charge in [0.25, 0.3) is 0 Å². The second kappa shape index (κ2) is 5.66. The highest BCUT2D eigenvalue weighted by Gasteiger charge is 2.07. The predicted octanol–water partition coefficient (Wildman–Crippen LogP) is 2.51. The maximum absolute atomic E-state index is 12.0. The Kier molecular flexibility index (Phi) is 3.55. The summed E-state index contributed by atoms with van der Waals surface area (Å²) >= 11 is 0. The molecule has 5 nitrogen and oxygen atoms in total. The van der Waals surface area contributed by atoms with Gasteiger partial charge in [0.1, 0.15) is 12.1 Å². The number of benzene rings is 1. The van der Waals surface area contributed by atoms with Crippen LogP contribution in [-0.2, 0) is 11.2 Å². The predicted molar refractivity (Wildman–Crippen MR) is 80.8 cm³/mol. The van der Waals surface area contributed by atoms with Gasteiger partial charge in [-0.3, -0.25) is 9.78 Å². The fourth-order valence-electron chi connectivity index (χ4n) is 2.15. The number of pyridine rings is 1. The van der Waals surface area contributed by atoms with Crippen LogP contribution < -0.4 is 5.32 Å². The molecule has 1 amide bonds. The highest BCUT2D eigenvalue weighted by molar-refractivity contribution is 5.91. The van der Waals surface area contributed by atoms with Gasteiger partial charge in [0.05, 0.1) is 17.6 Å². The van der Waals surface area contributed by atoms with Crippen molar-refractivity contribution in [2.75, 3.05) is 5.32 Å². The molecule has 0 spiro atoms. The summed E-state index contributed by atoms with van der Waals surface area (Å²) in [6.45, 7) is 2.01. The van der Waals surface area contributed by atoms with Crippen LogP contribution in [0.2, 0.25) is 0 Å². The highest BCUT2D eigenvalue weighted by Crippen LogP contribution is 2.16. The second-order valence-electron chi connectivity index (χ2n) is 4.77. The molecule has 1 N–H and O–H groups in total. The minimum atomic E-state index is -0.144. The van der Waals surface area contributed by atoms with E-state index in [1.165, 1.54) is 6.33 Å². The third-order valence-electron chi connectivity index (χ3n) is 3.17. The lowest BCUT2D eigenvalue weighted by Gasteiger charge is -2.06. The zero-order valence-corrected chi connectivity index (χ0v) is 11.6.